The first kappa shape index (κ1) is 21.3. The Labute approximate surface area is 158 Å². The number of methoxy groups -OCH3 is 1. The van der Waals surface area contributed by atoms with Gasteiger partial charge in [0.2, 0.25) is 10.0 Å². The summed E-state index contributed by atoms with van der Waals surface area (Å²) in [5, 5.41) is 0. The summed E-state index contributed by atoms with van der Waals surface area (Å²) in [6, 6.07) is 7.25. The minimum atomic E-state index is -3.41. The molecular weight excluding hydrogens is 352 g/mol. The highest BCUT2D eigenvalue weighted by Gasteiger charge is 2.33. The van der Waals surface area contributed by atoms with Crippen LogP contribution >= 0.6 is 0 Å². The van der Waals surface area contributed by atoms with Crippen molar-refractivity contribution in [2.75, 3.05) is 46.5 Å². The maximum absolute atomic E-state index is 12.6. The molecule has 2 heterocycles. The van der Waals surface area contributed by atoms with Crippen molar-refractivity contribution in [1.29, 1.82) is 0 Å². The molecule has 1 aromatic carbocycles. The Balaban J connectivity index is 0.00000117. The smallest absolute Gasteiger partial charge is 0.243 e. The van der Waals surface area contributed by atoms with Crippen LogP contribution in [-0.4, -0.2) is 69.7 Å². The van der Waals surface area contributed by atoms with Crippen LogP contribution in [0.25, 0.3) is 0 Å². The molecule has 7 heteroatoms. The van der Waals surface area contributed by atoms with Gasteiger partial charge in [0.05, 0.1) is 23.7 Å². The zero-order chi connectivity index (χ0) is 19.2. The molecule has 3 rings (SSSR count). The molecule has 2 aliphatic heterocycles. The lowest BCUT2D eigenvalue weighted by Crippen LogP contribution is -2.40. The maximum atomic E-state index is 12.6. The third-order valence-corrected chi connectivity index (χ3v) is 6.86. The Kier molecular flexibility index (Phi) is 7.61. The number of nitrogens with zero attached hydrogens (tertiary/aromatic N) is 2. The zero-order valence-corrected chi connectivity index (χ0v) is 17.2. The summed E-state index contributed by atoms with van der Waals surface area (Å²) in [6.45, 7) is 10.6. The summed E-state index contributed by atoms with van der Waals surface area (Å²) in [5.74, 6) is 0. The van der Waals surface area contributed by atoms with Crippen LogP contribution in [0.5, 0.6) is 0 Å². The van der Waals surface area contributed by atoms with E-state index in [0.29, 0.717) is 31.2 Å². The Bertz CT molecular complexity index is 657. The van der Waals surface area contributed by atoms with Gasteiger partial charge in [-0.3, -0.25) is 4.90 Å². The van der Waals surface area contributed by atoms with E-state index >= 15 is 0 Å². The summed E-state index contributed by atoms with van der Waals surface area (Å²) in [7, 11) is -1.65. The number of hydrogen-bond acceptors (Lipinski definition) is 5. The normalized spacial score (nSPS) is 24.9. The average Bonchev–Trinajstić information content (AvgIpc) is 3.06. The summed E-state index contributed by atoms with van der Waals surface area (Å²) in [4.78, 5) is 2.70. The Morgan fingerprint density at radius 1 is 1.12 bits per heavy atom. The van der Waals surface area contributed by atoms with Gasteiger partial charge in [-0.1, -0.05) is 26.0 Å². The lowest BCUT2D eigenvalue weighted by Gasteiger charge is -2.26. The highest BCUT2D eigenvalue weighted by Crippen LogP contribution is 2.26. The minimum Gasteiger partial charge on any atom is -0.379 e. The van der Waals surface area contributed by atoms with Gasteiger partial charge in [-0.15, -0.1) is 0 Å². The van der Waals surface area contributed by atoms with E-state index in [0.717, 1.165) is 31.6 Å². The van der Waals surface area contributed by atoms with Crippen LogP contribution in [0.3, 0.4) is 0 Å². The molecule has 2 saturated heterocycles. The van der Waals surface area contributed by atoms with Gasteiger partial charge in [-0.05, 0) is 31.0 Å². The first-order valence-electron chi connectivity index (χ1n) is 9.37. The topological polar surface area (TPSA) is 59.1 Å². The molecule has 26 heavy (non-hydrogen) atoms. The third kappa shape index (κ3) is 5.04. The number of rotatable bonds is 5. The van der Waals surface area contributed by atoms with E-state index in [9.17, 15) is 8.42 Å². The van der Waals surface area contributed by atoms with Gasteiger partial charge in [0.25, 0.3) is 0 Å². The molecule has 2 aliphatic rings. The molecule has 0 bridgehead atoms. The highest BCUT2D eigenvalue weighted by molar-refractivity contribution is 7.89. The number of benzene rings is 1. The molecule has 0 radical (unpaired) electrons. The standard InChI is InChI=1S/C17H26N2O4S.C2H6/c1-17(22-2)7-8-18(14-17)13-15-3-5-16(6-4-15)24(20,21)19-9-11-23-12-10-19;1-2/h3-6H,7-14H2,1-2H3;1-2H3. The lowest BCUT2D eigenvalue weighted by atomic mass is 10.1. The molecule has 1 unspecified atom stereocenters. The number of morpholine rings is 1. The molecule has 2 fully saturated rings. The van der Waals surface area contributed by atoms with E-state index in [1.165, 1.54) is 4.31 Å². The van der Waals surface area contributed by atoms with Crippen molar-refractivity contribution in [3.63, 3.8) is 0 Å². The predicted molar refractivity (Wildman–Crippen MR) is 103 cm³/mol. The summed E-state index contributed by atoms with van der Waals surface area (Å²) < 4.78 is 37.5. The maximum Gasteiger partial charge on any atom is 0.243 e. The molecule has 0 saturated carbocycles. The molecule has 0 N–H and O–H groups in total. The van der Waals surface area contributed by atoms with Crippen LogP contribution in [0.4, 0.5) is 0 Å². The highest BCUT2D eigenvalue weighted by atomic mass is 32.2. The molecule has 0 aliphatic carbocycles. The van der Waals surface area contributed by atoms with Crippen molar-refractivity contribution in [1.82, 2.24) is 9.21 Å². The Morgan fingerprint density at radius 2 is 1.73 bits per heavy atom. The van der Waals surface area contributed by atoms with E-state index < -0.39 is 10.0 Å². The Hall–Kier alpha value is -0.990. The monoisotopic (exact) mass is 384 g/mol. The Morgan fingerprint density at radius 3 is 2.27 bits per heavy atom. The molecule has 1 aromatic rings. The zero-order valence-electron chi connectivity index (χ0n) is 16.4. The van der Waals surface area contributed by atoms with E-state index in [1.807, 2.05) is 26.0 Å². The van der Waals surface area contributed by atoms with Gasteiger partial charge in [0, 0.05) is 39.8 Å². The van der Waals surface area contributed by atoms with Gasteiger partial charge >= 0.3 is 0 Å². The second-order valence-electron chi connectivity index (χ2n) is 6.78. The van der Waals surface area contributed by atoms with Crippen molar-refractivity contribution in [3.8, 4) is 0 Å². The first-order chi connectivity index (χ1) is 12.4. The van der Waals surface area contributed by atoms with Crippen LogP contribution in [0.2, 0.25) is 0 Å². The minimum absolute atomic E-state index is 0.0698. The van der Waals surface area contributed by atoms with E-state index in [-0.39, 0.29) is 5.60 Å². The van der Waals surface area contributed by atoms with Crippen molar-refractivity contribution in [3.05, 3.63) is 29.8 Å². The second kappa shape index (κ2) is 9.28. The number of sulfonamides is 1. The van der Waals surface area contributed by atoms with E-state index in [4.69, 9.17) is 9.47 Å². The van der Waals surface area contributed by atoms with Gasteiger partial charge in [-0.25, -0.2) is 8.42 Å². The van der Waals surface area contributed by atoms with Crippen LogP contribution < -0.4 is 0 Å². The first-order valence-corrected chi connectivity index (χ1v) is 10.8. The number of hydrogen-bond donors (Lipinski definition) is 0. The number of likely N-dealkylation sites (tertiary alicyclic amines) is 1. The fraction of sp³-hybridized carbons (Fsp3) is 0.684. The van der Waals surface area contributed by atoms with Crippen LogP contribution in [0.1, 0.15) is 32.8 Å². The van der Waals surface area contributed by atoms with Crippen LogP contribution in [0.15, 0.2) is 29.2 Å². The molecule has 6 nitrogen and oxygen atoms in total. The predicted octanol–water partition coefficient (Wildman–Crippen LogP) is 2.34. The molecular formula is C19H32N2O4S. The van der Waals surface area contributed by atoms with Crippen molar-refractivity contribution >= 4 is 10.0 Å². The fourth-order valence-electron chi connectivity index (χ4n) is 3.29. The van der Waals surface area contributed by atoms with E-state index in [2.05, 4.69) is 11.8 Å². The van der Waals surface area contributed by atoms with Gasteiger partial charge in [-0.2, -0.15) is 4.31 Å². The SMILES string of the molecule is CC.COC1(C)CCN(Cc2ccc(S(=O)(=O)N3CCOCC3)cc2)C1. The third-order valence-electron chi connectivity index (χ3n) is 4.95. The molecule has 0 amide bonds. The largest absolute Gasteiger partial charge is 0.379 e. The van der Waals surface area contributed by atoms with Crippen molar-refractivity contribution in [2.24, 2.45) is 0 Å². The molecule has 1 atom stereocenters. The quantitative estimate of drug-likeness (QED) is 0.780. The fourth-order valence-corrected chi connectivity index (χ4v) is 4.70. The molecule has 0 spiro atoms. The molecule has 148 valence electrons. The summed E-state index contributed by atoms with van der Waals surface area (Å²) in [6.07, 6.45) is 1.02. The van der Waals surface area contributed by atoms with Crippen LogP contribution in [0, 0.1) is 0 Å². The molecule has 0 aromatic heterocycles. The van der Waals surface area contributed by atoms with E-state index in [1.54, 1.807) is 19.2 Å². The van der Waals surface area contributed by atoms with Gasteiger partial charge in [0.1, 0.15) is 0 Å². The van der Waals surface area contributed by atoms with Crippen LogP contribution in [-0.2, 0) is 26.0 Å². The second-order valence-corrected chi connectivity index (χ2v) is 8.71. The van der Waals surface area contributed by atoms with Gasteiger partial charge < -0.3 is 9.47 Å². The summed E-state index contributed by atoms with van der Waals surface area (Å²) >= 11 is 0. The van der Waals surface area contributed by atoms with Gasteiger partial charge in [0.15, 0.2) is 0 Å². The average molecular weight is 385 g/mol. The van der Waals surface area contributed by atoms with Crippen molar-refractivity contribution in [2.45, 2.75) is 44.2 Å². The van der Waals surface area contributed by atoms with Crippen molar-refractivity contribution < 1.29 is 17.9 Å². The lowest BCUT2D eigenvalue weighted by molar-refractivity contribution is 0.0143. The summed E-state index contributed by atoms with van der Waals surface area (Å²) in [5.41, 5.74) is 1.05. The number of ether oxygens (including phenoxy) is 2.